The predicted molar refractivity (Wildman–Crippen MR) is 368 cm³/mol. The molecule has 9 heteroatoms. The van der Waals surface area contributed by atoms with Crippen LogP contribution in [0, 0.1) is 0 Å². The Morgan fingerprint density at radius 3 is 1.27 bits per heavy atom. The van der Waals surface area contributed by atoms with Gasteiger partial charge in [-0.15, -0.1) is 22.7 Å². The Balaban J connectivity index is 0.000000193. The number of thiophene rings is 2. The Morgan fingerprint density at radius 1 is 0.427 bits per heavy atom. The number of rotatable bonds is 14. The molecular weight excluding hydrogens is 1070 g/mol. The Bertz CT molecular complexity index is 3950. The third-order valence-electron chi connectivity index (χ3n) is 18.9. The number of hydrogen-bond donors (Lipinski definition) is 0. The normalized spacial score (nSPS) is 13.0. The summed E-state index contributed by atoms with van der Waals surface area (Å²) >= 11 is 3.69. The Labute approximate surface area is 500 Å². The van der Waals surface area contributed by atoms with Crippen LogP contribution in [0.2, 0.25) is 33.2 Å². The molecule has 6 aromatic carbocycles. The number of hydrogen-bond acceptors (Lipinski definition) is 5. The van der Waals surface area contributed by atoms with E-state index in [2.05, 4.69) is 241 Å². The van der Waals surface area contributed by atoms with E-state index in [1.165, 1.54) is 110 Å². The van der Waals surface area contributed by atoms with Gasteiger partial charge in [0.05, 0.1) is 14.2 Å². The monoisotopic (exact) mass is 1160 g/mol. The van der Waals surface area contributed by atoms with E-state index in [4.69, 9.17) is 9.47 Å². The van der Waals surface area contributed by atoms with Gasteiger partial charge in [-0.1, -0.05) is 146 Å². The molecule has 11 aromatic rings. The number of ether oxygens (including phenoxy) is 2. The van der Waals surface area contributed by atoms with E-state index in [-0.39, 0.29) is 14.9 Å². The van der Waals surface area contributed by atoms with Gasteiger partial charge in [-0.25, -0.2) is 0 Å². The molecule has 428 valence electrons. The zero-order chi connectivity index (χ0) is 56.4. The first kappa shape index (κ1) is 60.4. The van der Waals surface area contributed by atoms with Crippen molar-refractivity contribution in [1.82, 2.24) is 13.4 Å². The Kier molecular flexibility index (Phi) is 17.8. The highest BCUT2D eigenvalue weighted by Gasteiger charge is 2.47. The van der Waals surface area contributed by atoms with Crippen molar-refractivity contribution in [3.05, 3.63) is 162 Å². The molecule has 0 radical (unpaired) electrons. The fourth-order valence-corrected chi connectivity index (χ4v) is 31.0. The zero-order valence-electron chi connectivity index (χ0n) is 49.7. The topological polar surface area (TPSA) is 41.2 Å². The largest absolute Gasteiger partial charge is 0.497 e. The fourth-order valence-electron chi connectivity index (χ4n) is 16.1. The van der Waals surface area contributed by atoms with Crippen LogP contribution in [-0.2, 0) is 12.8 Å². The molecule has 0 spiro atoms. The molecule has 0 fully saturated rings. The standard InChI is InChI=1S/C36H43NOSSi.C35H38N2OSSi.2CH4/c1-23(2)40(24(3)4,25(5)6)37-21-20-30-32(37)19-18-31-35(33-13-10-22-39-33)29-12-9-8-11-28(29)34(36(30)31)26-14-16-27(38-7)17-15-26;1-22(2)40(23(3)4,24(5)6)37-19-17-28-31(37)15-14-29-34(32-9-8-20-39-32)27-16-18-36-21-30(27)33(35(28)29)25-10-12-26(38-7)13-11-25;;/h10,13-25H,8-9,11-12H2,1-7H3;8-24H,1-7H3;2*1H4. The van der Waals surface area contributed by atoms with Gasteiger partial charge in [0.25, 0.3) is 0 Å². The van der Waals surface area contributed by atoms with Crippen LogP contribution in [0.15, 0.2) is 151 Å². The maximum absolute atomic E-state index is 5.55. The summed E-state index contributed by atoms with van der Waals surface area (Å²) in [5, 5.41) is 15.0. The van der Waals surface area contributed by atoms with Gasteiger partial charge in [0, 0.05) is 65.9 Å². The molecule has 0 unspecified atom stereocenters. The number of benzene rings is 6. The van der Waals surface area contributed by atoms with E-state index in [0.717, 1.165) is 24.3 Å². The minimum absolute atomic E-state index is 0. The number of nitrogens with zero attached hydrogens (tertiary/aromatic N) is 3. The third-order valence-corrected chi connectivity index (χ3v) is 34.2. The predicted octanol–water partition coefficient (Wildman–Crippen LogP) is 23.1. The van der Waals surface area contributed by atoms with Gasteiger partial charge >= 0.3 is 0 Å². The second-order valence-electron chi connectivity index (χ2n) is 24.4. The van der Waals surface area contributed by atoms with Crippen molar-refractivity contribution in [2.45, 2.75) is 157 Å². The highest BCUT2D eigenvalue weighted by atomic mass is 32.1. The summed E-state index contributed by atoms with van der Waals surface area (Å²) in [4.78, 5) is 7.33. The van der Waals surface area contributed by atoms with Gasteiger partial charge in [-0.3, -0.25) is 4.98 Å². The van der Waals surface area contributed by atoms with Crippen LogP contribution in [0.25, 0.3) is 97.3 Å². The van der Waals surface area contributed by atoms with Crippen LogP contribution >= 0.6 is 22.7 Å². The van der Waals surface area contributed by atoms with Crippen molar-refractivity contribution in [1.29, 1.82) is 0 Å². The molecule has 82 heavy (non-hydrogen) atoms. The summed E-state index contributed by atoms with van der Waals surface area (Å²) in [7, 11) is -0.373. The maximum atomic E-state index is 5.55. The lowest BCUT2D eigenvalue weighted by Crippen LogP contribution is -2.51. The fraction of sp³-hybridized carbons (Fsp3) is 0.356. The molecule has 12 rings (SSSR count). The van der Waals surface area contributed by atoms with E-state index >= 15 is 0 Å². The first-order chi connectivity index (χ1) is 38.6. The minimum atomic E-state index is -1.94. The van der Waals surface area contributed by atoms with Gasteiger partial charge < -0.3 is 17.9 Å². The quantitative estimate of drug-likeness (QED) is 0.0805. The van der Waals surface area contributed by atoms with Gasteiger partial charge in [0.1, 0.15) is 11.5 Å². The van der Waals surface area contributed by atoms with Crippen molar-refractivity contribution < 1.29 is 9.47 Å². The second kappa shape index (κ2) is 24.2. The Hall–Kier alpha value is -6.24. The van der Waals surface area contributed by atoms with E-state index in [0.29, 0.717) is 33.2 Å². The van der Waals surface area contributed by atoms with E-state index in [1.54, 1.807) is 36.7 Å². The molecule has 5 aromatic heterocycles. The zero-order valence-corrected chi connectivity index (χ0v) is 53.3. The minimum Gasteiger partial charge on any atom is -0.497 e. The first-order valence-corrected chi connectivity index (χ1v) is 35.5. The smallest absolute Gasteiger partial charge is 0.169 e. The SMILES string of the molecule is C.C.COc1ccc(-c2c3c(c(-c4cccs4)c4ccc5c(ccn5[Si](C(C)C)(C(C)C)C(C)C)c24)CCCC3)cc1.COc1ccc(-c2c3cnccc3c(-c3cccs3)c3ccc4c(ccn4[Si](C(C)C)(C(C)C)C(C)C)c23)cc1. The van der Waals surface area contributed by atoms with Crippen molar-refractivity contribution in [3.8, 4) is 54.6 Å². The highest BCUT2D eigenvalue weighted by molar-refractivity contribution is 7.14. The molecule has 0 saturated heterocycles. The van der Waals surface area contributed by atoms with Crippen LogP contribution in [0.1, 0.15) is 122 Å². The molecule has 5 nitrogen and oxygen atoms in total. The van der Waals surface area contributed by atoms with Crippen LogP contribution in [-0.4, -0.2) is 44.1 Å². The van der Waals surface area contributed by atoms with Gasteiger partial charge in [-0.2, -0.15) is 0 Å². The summed E-state index contributed by atoms with van der Waals surface area (Å²) in [5.74, 6) is 1.78. The number of aromatic nitrogens is 3. The maximum Gasteiger partial charge on any atom is 0.169 e. The summed E-state index contributed by atoms with van der Waals surface area (Å²) in [6, 6.07) is 43.0. The molecular formula is C73H89N3O2S2Si2. The van der Waals surface area contributed by atoms with Crippen LogP contribution in [0.5, 0.6) is 11.5 Å². The summed E-state index contributed by atoms with van der Waals surface area (Å²) < 4.78 is 16.6. The molecule has 0 N–H and O–H groups in total. The molecule has 0 aliphatic heterocycles. The van der Waals surface area contributed by atoms with E-state index < -0.39 is 16.5 Å². The van der Waals surface area contributed by atoms with Gasteiger partial charge in [0.15, 0.2) is 16.5 Å². The molecule has 5 heterocycles. The van der Waals surface area contributed by atoms with Gasteiger partial charge in [0.2, 0.25) is 0 Å². The number of fused-ring (bicyclic) bond motifs is 8. The van der Waals surface area contributed by atoms with Crippen molar-refractivity contribution in [2.24, 2.45) is 0 Å². The lowest BCUT2D eigenvalue weighted by atomic mass is 9.78. The van der Waals surface area contributed by atoms with Crippen molar-refractivity contribution >= 4 is 93.3 Å². The van der Waals surface area contributed by atoms with Crippen LogP contribution in [0.3, 0.4) is 0 Å². The molecule has 0 atom stereocenters. The second-order valence-corrected chi connectivity index (χ2v) is 37.7. The van der Waals surface area contributed by atoms with Crippen LogP contribution in [0.4, 0.5) is 0 Å². The van der Waals surface area contributed by atoms with Crippen LogP contribution < -0.4 is 9.47 Å². The first-order valence-electron chi connectivity index (χ1n) is 29.4. The summed E-state index contributed by atoms with van der Waals surface area (Å²) in [6.45, 7) is 29.4. The lowest BCUT2D eigenvalue weighted by molar-refractivity contribution is 0.415. The van der Waals surface area contributed by atoms with Crippen molar-refractivity contribution in [2.75, 3.05) is 14.2 Å². The number of pyridine rings is 1. The van der Waals surface area contributed by atoms with Gasteiger partial charge in [-0.05, 0) is 204 Å². The molecule has 1 aliphatic carbocycles. The van der Waals surface area contributed by atoms with E-state index in [1.807, 2.05) is 17.5 Å². The average Bonchev–Trinajstić information content (AvgIpc) is 4.52. The summed E-state index contributed by atoms with van der Waals surface area (Å²) in [5.41, 5.74) is 17.6. The lowest BCUT2D eigenvalue weighted by Gasteiger charge is -2.44. The number of methoxy groups -OCH3 is 2. The molecule has 0 bridgehead atoms. The molecule has 0 amide bonds. The Morgan fingerprint density at radius 2 is 0.841 bits per heavy atom. The van der Waals surface area contributed by atoms with Crippen molar-refractivity contribution in [3.63, 3.8) is 0 Å². The highest BCUT2D eigenvalue weighted by Crippen LogP contribution is 2.53. The average molecular weight is 1160 g/mol. The molecule has 0 saturated carbocycles. The third kappa shape index (κ3) is 9.59. The van der Waals surface area contributed by atoms with E-state index in [9.17, 15) is 0 Å². The molecule has 1 aliphatic rings. The summed E-state index contributed by atoms with van der Waals surface area (Å²) in [6.07, 6.45) is 13.7.